The molecule has 1 unspecified atom stereocenters. The number of aromatic nitrogens is 1. The maximum Gasteiger partial charge on any atom is 0.116 e. The number of fused-ring (bicyclic) bond motifs is 1. The van der Waals surface area contributed by atoms with E-state index in [0.717, 1.165) is 20.7 Å². The Balaban J connectivity index is 1.88. The molecule has 2 nitrogen and oxygen atoms in total. The second-order valence-electron chi connectivity index (χ2n) is 4.85. The van der Waals surface area contributed by atoms with Gasteiger partial charge in [0.25, 0.3) is 0 Å². The van der Waals surface area contributed by atoms with E-state index in [-0.39, 0.29) is 6.04 Å². The minimum absolute atomic E-state index is 0.195. The predicted octanol–water partition coefficient (Wildman–Crippen LogP) is 5.54. The Morgan fingerprint density at radius 3 is 2.80 bits per heavy atom. The molecule has 3 aromatic rings. The first-order valence-electron chi connectivity index (χ1n) is 6.51. The highest BCUT2D eigenvalue weighted by molar-refractivity contribution is 9.10. The van der Waals surface area contributed by atoms with E-state index in [9.17, 15) is 0 Å². The molecule has 0 radical (unpaired) electrons. The summed E-state index contributed by atoms with van der Waals surface area (Å²) in [5.74, 6) is 0. The van der Waals surface area contributed by atoms with Crippen LogP contribution in [0.25, 0.3) is 10.2 Å². The van der Waals surface area contributed by atoms with Gasteiger partial charge in [0, 0.05) is 10.2 Å². The molecule has 1 atom stereocenters. The first-order chi connectivity index (χ1) is 9.63. The average Bonchev–Trinajstić information content (AvgIpc) is 2.87. The minimum Gasteiger partial charge on any atom is -0.376 e. The molecule has 0 aliphatic heterocycles. The van der Waals surface area contributed by atoms with Crippen molar-refractivity contribution in [3.63, 3.8) is 0 Å². The van der Waals surface area contributed by atoms with Gasteiger partial charge in [-0.15, -0.1) is 11.3 Å². The summed E-state index contributed by atoms with van der Waals surface area (Å²) in [5, 5.41) is 4.66. The molecule has 2 aromatic carbocycles. The summed E-state index contributed by atoms with van der Waals surface area (Å²) in [4.78, 5) is 4.71. The summed E-state index contributed by atoms with van der Waals surface area (Å²) in [6, 6.07) is 14.7. The van der Waals surface area contributed by atoms with E-state index in [4.69, 9.17) is 4.98 Å². The number of para-hydroxylation sites is 1. The number of rotatable bonds is 3. The highest BCUT2D eigenvalue weighted by Gasteiger charge is 2.12. The molecule has 0 fully saturated rings. The van der Waals surface area contributed by atoms with Crippen LogP contribution in [0, 0.1) is 6.92 Å². The quantitative estimate of drug-likeness (QED) is 0.673. The second kappa shape index (κ2) is 5.54. The molecule has 3 rings (SSSR count). The molecular formula is C16H15BrN2S. The van der Waals surface area contributed by atoms with Gasteiger partial charge in [-0.05, 0) is 43.7 Å². The molecule has 0 spiro atoms. The molecule has 0 aliphatic carbocycles. The SMILES string of the molecule is Cc1ccc(Br)cc1NC(C)c1nc2ccccc2s1. The van der Waals surface area contributed by atoms with Crippen LogP contribution in [0.2, 0.25) is 0 Å². The van der Waals surface area contributed by atoms with Crippen LogP contribution in [0.3, 0.4) is 0 Å². The molecule has 0 saturated carbocycles. The Kier molecular flexibility index (Phi) is 3.76. The van der Waals surface area contributed by atoms with Gasteiger partial charge in [-0.25, -0.2) is 4.98 Å². The number of hydrogen-bond donors (Lipinski definition) is 1. The fraction of sp³-hybridized carbons (Fsp3) is 0.188. The number of benzene rings is 2. The van der Waals surface area contributed by atoms with E-state index < -0.39 is 0 Å². The minimum atomic E-state index is 0.195. The largest absolute Gasteiger partial charge is 0.376 e. The average molecular weight is 347 g/mol. The van der Waals surface area contributed by atoms with Crippen LogP contribution in [0.15, 0.2) is 46.9 Å². The van der Waals surface area contributed by atoms with Crippen molar-refractivity contribution >= 4 is 43.2 Å². The van der Waals surface area contributed by atoms with Gasteiger partial charge in [0.2, 0.25) is 0 Å². The van der Waals surface area contributed by atoms with Gasteiger partial charge in [0.1, 0.15) is 5.01 Å². The summed E-state index contributed by atoms with van der Waals surface area (Å²) in [6.07, 6.45) is 0. The van der Waals surface area contributed by atoms with Crippen molar-refractivity contribution < 1.29 is 0 Å². The van der Waals surface area contributed by atoms with E-state index in [1.165, 1.54) is 10.3 Å². The lowest BCUT2D eigenvalue weighted by molar-refractivity contribution is 0.872. The van der Waals surface area contributed by atoms with Gasteiger partial charge in [-0.3, -0.25) is 0 Å². The van der Waals surface area contributed by atoms with Crippen molar-refractivity contribution in [2.75, 3.05) is 5.32 Å². The summed E-state index contributed by atoms with van der Waals surface area (Å²) in [7, 11) is 0. The zero-order valence-corrected chi connectivity index (χ0v) is 13.8. The third-order valence-electron chi connectivity index (χ3n) is 3.25. The zero-order valence-electron chi connectivity index (χ0n) is 11.4. The number of hydrogen-bond acceptors (Lipinski definition) is 3. The molecule has 1 aromatic heterocycles. The van der Waals surface area contributed by atoms with Crippen LogP contribution in [0.4, 0.5) is 5.69 Å². The Bertz CT molecular complexity index is 718. The smallest absolute Gasteiger partial charge is 0.116 e. The Labute approximate surface area is 131 Å². The number of anilines is 1. The van der Waals surface area contributed by atoms with E-state index >= 15 is 0 Å². The van der Waals surface area contributed by atoms with Crippen LogP contribution >= 0.6 is 27.3 Å². The summed E-state index contributed by atoms with van der Waals surface area (Å²) in [5.41, 5.74) is 3.46. The first kappa shape index (κ1) is 13.6. The van der Waals surface area contributed by atoms with Crippen LogP contribution in [0.1, 0.15) is 23.5 Å². The topological polar surface area (TPSA) is 24.9 Å². The molecule has 4 heteroatoms. The van der Waals surface area contributed by atoms with Gasteiger partial charge < -0.3 is 5.32 Å². The van der Waals surface area contributed by atoms with Crippen molar-refractivity contribution in [3.8, 4) is 0 Å². The van der Waals surface area contributed by atoms with E-state index in [1.807, 2.05) is 6.07 Å². The number of halogens is 1. The number of nitrogens with one attached hydrogen (secondary N) is 1. The fourth-order valence-corrected chi connectivity index (χ4v) is 3.45. The highest BCUT2D eigenvalue weighted by atomic mass is 79.9. The van der Waals surface area contributed by atoms with Crippen molar-refractivity contribution in [2.24, 2.45) is 0 Å². The summed E-state index contributed by atoms with van der Waals surface area (Å²) < 4.78 is 2.32. The highest BCUT2D eigenvalue weighted by Crippen LogP contribution is 2.30. The van der Waals surface area contributed by atoms with Gasteiger partial charge in [-0.2, -0.15) is 0 Å². The van der Waals surface area contributed by atoms with Crippen LogP contribution in [-0.4, -0.2) is 4.98 Å². The molecule has 20 heavy (non-hydrogen) atoms. The molecular weight excluding hydrogens is 332 g/mol. The molecule has 0 amide bonds. The van der Waals surface area contributed by atoms with E-state index in [2.05, 4.69) is 71.5 Å². The Morgan fingerprint density at radius 1 is 1.20 bits per heavy atom. The standard InChI is InChI=1S/C16H15BrN2S/c1-10-7-8-12(17)9-14(10)18-11(2)16-19-13-5-3-4-6-15(13)20-16/h3-9,11,18H,1-2H3. The van der Waals surface area contributed by atoms with E-state index in [0.29, 0.717) is 0 Å². The molecule has 1 heterocycles. The normalized spacial score (nSPS) is 12.6. The van der Waals surface area contributed by atoms with Crippen LogP contribution in [0.5, 0.6) is 0 Å². The summed E-state index contributed by atoms with van der Waals surface area (Å²) in [6.45, 7) is 4.26. The van der Waals surface area contributed by atoms with Crippen LogP contribution in [-0.2, 0) is 0 Å². The monoisotopic (exact) mass is 346 g/mol. The van der Waals surface area contributed by atoms with Crippen LogP contribution < -0.4 is 5.32 Å². The van der Waals surface area contributed by atoms with Crippen molar-refractivity contribution in [1.82, 2.24) is 4.98 Å². The van der Waals surface area contributed by atoms with Crippen molar-refractivity contribution in [2.45, 2.75) is 19.9 Å². The van der Waals surface area contributed by atoms with Gasteiger partial charge in [0.15, 0.2) is 0 Å². The number of thiazole rings is 1. The summed E-state index contributed by atoms with van der Waals surface area (Å²) >= 11 is 5.27. The third-order valence-corrected chi connectivity index (χ3v) is 4.96. The first-order valence-corrected chi connectivity index (χ1v) is 8.12. The number of aryl methyl sites for hydroxylation is 1. The lowest BCUT2D eigenvalue weighted by atomic mass is 10.2. The Hall–Kier alpha value is -1.39. The lowest BCUT2D eigenvalue weighted by Gasteiger charge is -2.15. The lowest BCUT2D eigenvalue weighted by Crippen LogP contribution is -2.07. The predicted molar refractivity (Wildman–Crippen MR) is 90.5 cm³/mol. The third kappa shape index (κ3) is 2.72. The fourth-order valence-electron chi connectivity index (χ4n) is 2.12. The van der Waals surface area contributed by atoms with Gasteiger partial charge in [0.05, 0.1) is 16.3 Å². The van der Waals surface area contributed by atoms with Crippen molar-refractivity contribution in [3.05, 3.63) is 57.5 Å². The molecule has 1 N–H and O–H groups in total. The Morgan fingerprint density at radius 2 is 2.00 bits per heavy atom. The molecule has 102 valence electrons. The van der Waals surface area contributed by atoms with Gasteiger partial charge >= 0.3 is 0 Å². The van der Waals surface area contributed by atoms with E-state index in [1.54, 1.807) is 11.3 Å². The molecule has 0 aliphatic rings. The maximum atomic E-state index is 4.71. The second-order valence-corrected chi connectivity index (χ2v) is 6.82. The number of nitrogens with zero attached hydrogens (tertiary/aromatic N) is 1. The van der Waals surface area contributed by atoms with Crippen molar-refractivity contribution in [1.29, 1.82) is 0 Å². The van der Waals surface area contributed by atoms with Gasteiger partial charge in [-0.1, -0.05) is 34.1 Å². The molecule has 0 bridgehead atoms. The molecule has 0 saturated heterocycles. The zero-order chi connectivity index (χ0) is 14.1. The maximum absolute atomic E-state index is 4.71.